The molecule has 0 bridgehead atoms. The molecule has 1 fully saturated rings. The van der Waals surface area contributed by atoms with Gasteiger partial charge in [-0.25, -0.2) is 0 Å². The highest BCUT2D eigenvalue weighted by Crippen LogP contribution is 2.19. The predicted octanol–water partition coefficient (Wildman–Crippen LogP) is 1.60. The van der Waals surface area contributed by atoms with Gasteiger partial charge in [0.05, 0.1) is 6.54 Å². The van der Waals surface area contributed by atoms with Gasteiger partial charge < -0.3 is 9.09 Å². The number of nitrogens with zero attached hydrogens (tertiary/aromatic N) is 5. The fourth-order valence-electron chi connectivity index (χ4n) is 3.18. The number of likely N-dealkylation sites (tertiary alicyclic amines) is 1. The van der Waals surface area contributed by atoms with Gasteiger partial charge in [-0.05, 0) is 25.1 Å². The molecule has 25 heavy (non-hydrogen) atoms. The third kappa shape index (κ3) is 4.35. The summed E-state index contributed by atoms with van der Waals surface area (Å²) in [4.78, 5) is 20.9. The van der Waals surface area contributed by atoms with Gasteiger partial charge in [0.2, 0.25) is 5.89 Å². The lowest BCUT2D eigenvalue weighted by Crippen LogP contribution is -2.34. The molecule has 0 saturated carbocycles. The molecule has 0 amide bonds. The summed E-state index contributed by atoms with van der Waals surface area (Å²) in [5, 5.41) is 4.08. The summed E-state index contributed by atoms with van der Waals surface area (Å²) in [7, 11) is 3.88. The van der Waals surface area contributed by atoms with E-state index in [1.54, 1.807) is 17.7 Å². The molecule has 1 unspecified atom stereocenters. The zero-order valence-electron chi connectivity index (χ0n) is 15.5. The second-order valence-corrected chi connectivity index (χ2v) is 7.28. The summed E-state index contributed by atoms with van der Waals surface area (Å²) in [5.41, 5.74) is 1.12. The monoisotopic (exact) mass is 345 g/mol. The molecule has 2 aromatic heterocycles. The Morgan fingerprint density at radius 2 is 2.24 bits per heavy atom. The van der Waals surface area contributed by atoms with Crippen molar-refractivity contribution >= 4 is 0 Å². The van der Waals surface area contributed by atoms with Crippen LogP contribution in [0.1, 0.15) is 43.5 Å². The molecule has 0 spiro atoms. The molecule has 0 aromatic carbocycles. The molecule has 3 heterocycles. The number of likely N-dealkylation sites (N-methyl/N-ethyl adjacent to an activating group) is 1. The summed E-state index contributed by atoms with van der Waals surface area (Å²) in [6, 6.07) is 4.21. The van der Waals surface area contributed by atoms with Crippen molar-refractivity contribution in [2.75, 3.05) is 20.1 Å². The summed E-state index contributed by atoms with van der Waals surface area (Å²) >= 11 is 0. The summed E-state index contributed by atoms with van der Waals surface area (Å²) in [6.07, 6.45) is 2.94. The van der Waals surface area contributed by atoms with Crippen LogP contribution in [0.2, 0.25) is 0 Å². The standard InChI is InChI=1S/C18H27N5O2/c1-13(2)18-19-16(20-25-18)12-22(4)15-6-8-23(11-15)10-14-5-7-21(3)17(24)9-14/h5,7,9,13,15H,6,8,10-12H2,1-4H3. The first-order chi connectivity index (χ1) is 11.9. The molecule has 1 aliphatic heterocycles. The van der Waals surface area contributed by atoms with Crippen LogP contribution in [0.3, 0.4) is 0 Å². The van der Waals surface area contributed by atoms with E-state index in [9.17, 15) is 4.79 Å². The molecule has 0 radical (unpaired) electrons. The molecule has 0 N–H and O–H groups in total. The van der Waals surface area contributed by atoms with E-state index in [0.717, 1.165) is 37.4 Å². The van der Waals surface area contributed by atoms with Crippen molar-refractivity contribution in [3.63, 3.8) is 0 Å². The van der Waals surface area contributed by atoms with Crippen LogP contribution in [0.4, 0.5) is 0 Å². The van der Waals surface area contributed by atoms with Crippen molar-refractivity contribution in [1.29, 1.82) is 0 Å². The summed E-state index contributed by atoms with van der Waals surface area (Å²) in [6.45, 7) is 7.63. The third-order valence-electron chi connectivity index (χ3n) is 4.81. The van der Waals surface area contributed by atoms with E-state index in [-0.39, 0.29) is 11.5 Å². The Morgan fingerprint density at radius 3 is 2.92 bits per heavy atom. The highest BCUT2D eigenvalue weighted by molar-refractivity contribution is 5.11. The fourth-order valence-corrected chi connectivity index (χ4v) is 3.18. The topological polar surface area (TPSA) is 67.4 Å². The average Bonchev–Trinajstić information content (AvgIpc) is 3.20. The first kappa shape index (κ1) is 17.8. The van der Waals surface area contributed by atoms with Crippen molar-refractivity contribution in [2.45, 2.75) is 45.3 Å². The Labute approximate surface area is 148 Å². The van der Waals surface area contributed by atoms with E-state index < -0.39 is 0 Å². The molecule has 7 heteroatoms. The minimum absolute atomic E-state index is 0.0448. The van der Waals surface area contributed by atoms with E-state index >= 15 is 0 Å². The van der Waals surface area contributed by atoms with Crippen LogP contribution in [0.25, 0.3) is 0 Å². The van der Waals surface area contributed by atoms with Crippen LogP contribution in [0.15, 0.2) is 27.6 Å². The van der Waals surface area contributed by atoms with Crippen LogP contribution < -0.4 is 5.56 Å². The molecular weight excluding hydrogens is 318 g/mol. The lowest BCUT2D eigenvalue weighted by Gasteiger charge is -2.23. The second kappa shape index (κ2) is 7.49. The number of aryl methyl sites for hydroxylation is 1. The maximum absolute atomic E-state index is 11.8. The van der Waals surface area contributed by atoms with Gasteiger partial charge in [0.15, 0.2) is 5.82 Å². The van der Waals surface area contributed by atoms with Gasteiger partial charge in [-0.3, -0.25) is 14.6 Å². The lowest BCUT2D eigenvalue weighted by atomic mass is 10.2. The van der Waals surface area contributed by atoms with Gasteiger partial charge in [-0.15, -0.1) is 0 Å². The Bertz CT molecular complexity index is 767. The van der Waals surface area contributed by atoms with E-state index in [4.69, 9.17) is 4.52 Å². The first-order valence-electron chi connectivity index (χ1n) is 8.83. The highest BCUT2D eigenvalue weighted by Gasteiger charge is 2.26. The largest absolute Gasteiger partial charge is 0.339 e. The number of pyridine rings is 1. The number of hydrogen-bond acceptors (Lipinski definition) is 6. The Morgan fingerprint density at radius 1 is 1.44 bits per heavy atom. The SMILES string of the molecule is CC(C)c1nc(CN(C)C2CCN(Cc3ccn(C)c(=O)c3)C2)no1. The minimum Gasteiger partial charge on any atom is -0.339 e. The molecule has 2 aromatic rings. The van der Waals surface area contributed by atoms with Gasteiger partial charge in [-0.2, -0.15) is 4.98 Å². The van der Waals surface area contributed by atoms with Crippen LogP contribution in [-0.2, 0) is 20.1 Å². The number of hydrogen-bond donors (Lipinski definition) is 0. The van der Waals surface area contributed by atoms with Gasteiger partial charge in [0.25, 0.3) is 5.56 Å². The fraction of sp³-hybridized carbons (Fsp3) is 0.611. The molecule has 1 aliphatic rings. The number of rotatable bonds is 6. The third-order valence-corrected chi connectivity index (χ3v) is 4.81. The lowest BCUT2D eigenvalue weighted by molar-refractivity contribution is 0.215. The maximum Gasteiger partial charge on any atom is 0.250 e. The van der Waals surface area contributed by atoms with Gasteiger partial charge in [0, 0.05) is 50.9 Å². The minimum atomic E-state index is 0.0448. The smallest absolute Gasteiger partial charge is 0.250 e. The molecule has 1 atom stereocenters. The molecule has 1 saturated heterocycles. The molecule has 0 aliphatic carbocycles. The first-order valence-corrected chi connectivity index (χ1v) is 8.83. The zero-order valence-corrected chi connectivity index (χ0v) is 15.5. The normalized spacial score (nSPS) is 18.6. The molecule has 7 nitrogen and oxygen atoms in total. The van der Waals surface area contributed by atoms with Gasteiger partial charge in [0.1, 0.15) is 0 Å². The highest BCUT2D eigenvalue weighted by atomic mass is 16.5. The van der Waals surface area contributed by atoms with Crippen LogP contribution in [0, 0.1) is 0 Å². The second-order valence-electron chi connectivity index (χ2n) is 7.28. The maximum atomic E-state index is 11.8. The average molecular weight is 345 g/mol. The molecule has 136 valence electrons. The van der Waals surface area contributed by atoms with Crippen LogP contribution >= 0.6 is 0 Å². The van der Waals surface area contributed by atoms with Crippen molar-refractivity contribution in [2.24, 2.45) is 7.05 Å². The van der Waals surface area contributed by atoms with Crippen molar-refractivity contribution < 1.29 is 4.52 Å². The van der Waals surface area contributed by atoms with E-state index in [1.165, 1.54) is 0 Å². The van der Waals surface area contributed by atoms with Gasteiger partial charge >= 0.3 is 0 Å². The summed E-state index contributed by atoms with van der Waals surface area (Å²) < 4.78 is 6.88. The Hall–Kier alpha value is -1.99. The molecular formula is C18H27N5O2. The van der Waals surface area contributed by atoms with Crippen molar-refractivity contribution in [3.8, 4) is 0 Å². The molecule has 3 rings (SSSR count). The summed E-state index contributed by atoms with van der Waals surface area (Å²) in [5.74, 6) is 1.70. The quantitative estimate of drug-likeness (QED) is 0.792. The van der Waals surface area contributed by atoms with Crippen LogP contribution in [-0.4, -0.2) is 50.7 Å². The Balaban J connectivity index is 1.54. The van der Waals surface area contributed by atoms with E-state index in [0.29, 0.717) is 18.5 Å². The Kier molecular flexibility index (Phi) is 5.34. The predicted molar refractivity (Wildman–Crippen MR) is 95.2 cm³/mol. The van der Waals surface area contributed by atoms with Crippen molar-refractivity contribution in [3.05, 3.63) is 46.0 Å². The zero-order chi connectivity index (χ0) is 18.0. The van der Waals surface area contributed by atoms with E-state index in [2.05, 4.69) is 27.0 Å². The van der Waals surface area contributed by atoms with Crippen LogP contribution in [0.5, 0.6) is 0 Å². The number of aromatic nitrogens is 3. The van der Waals surface area contributed by atoms with Gasteiger partial charge in [-0.1, -0.05) is 19.0 Å². The van der Waals surface area contributed by atoms with Crippen molar-refractivity contribution in [1.82, 2.24) is 24.5 Å². The van der Waals surface area contributed by atoms with E-state index in [1.807, 2.05) is 26.1 Å².